The number of halogens is 4. The molecule has 1 aliphatic rings. The molecule has 0 amide bonds. The Balaban J connectivity index is 0.00000200. The summed E-state index contributed by atoms with van der Waals surface area (Å²) in [6.45, 7) is 4.62. The molecule has 0 spiro atoms. The van der Waals surface area contributed by atoms with Gasteiger partial charge in [0.05, 0.1) is 18.5 Å². The molecule has 1 atom stereocenters. The maximum atomic E-state index is 14.1. The molecule has 0 bridgehead atoms. The predicted molar refractivity (Wildman–Crippen MR) is 83.0 cm³/mol. The lowest BCUT2D eigenvalue weighted by atomic mass is 9.99. The first kappa shape index (κ1) is 20.1. The van der Waals surface area contributed by atoms with Gasteiger partial charge in [-0.15, -0.1) is 24.8 Å². The molecule has 0 saturated carbocycles. The number of nitriles is 1. The topological polar surface area (TPSA) is 39.1 Å². The number of hydrogen-bond acceptors (Lipinski definition) is 3. The molecule has 1 saturated heterocycles. The van der Waals surface area contributed by atoms with Gasteiger partial charge in [-0.05, 0) is 12.5 Å². The van der Waals surface area contributed by atoms with Gasteiger partial charge in [0.25, 0.3) is 0 Å². The van der Waals surface area contributed by atoms with Crippen molar-refractivity contribution in [1.29, 1.82) is 5.26 Å². The molecule has 0 aromatic heterocycles. The molecule has 2 rings (SSSR count). The van der Waals surface area contributed by atoms with E-state index in [1.165, 1.54) is 6.92 Å². The Kier molecular flexibility index (Phi) is 8.76. The van der Waals surface area contributed by atoms with E-state index in [1.54, 1.807) is 12.1 Å². The summed E-state index contributed by atoms with van der Waals surface area (Å²) in [5.74, 6) is -1.63. The van der Waals surface area contributed by atoms with E-state index in [9.17, 15) is 8.78 Å². The van der Waals surface area contributed by atoms with Crippen molar-refractivity contribution in [3.8, 4) is 6.07 Å². The summed E-state index contributed by atoms with van der Waals surface area (Å²) in [6.07, 6.45) is 0.166. The Morgan fingerprint density at radius 2 is 1.86 bits per heavy atom. The van der Waals surface area contributed by atoms with Gasteiger partial charge in [0, 0.05) is 31.7 Å². The van der Waals surface area contributed by atoms with Crippen LogP contribution in [0.25, 0.3) is 0 Å². The molecule has 7 heteroatoms. The van der Waals surface area contributed by atoms with E-state index >= 15 is 0 Å². The second-order valence-corrected chi connectivity index (χ2v) is 4.76. The number of nitrogens with one attached hydrogen (secondary N) is 1. The van der Waals surface area contributed by atoms with Gasteiger partial charge in [0.2, 0.25) is 0 Å². The highest BCUT2D eigenvalue weighted by atomic mass is 35.5. The third-order valence-corrected chi connectivity index (χ3v) is 3.54. The van der Waals surface area contributed by atoms with Crippen molar-refractivity contribution in [3.63, 3.8) is 0 Å². The lowest BCUT2D eigenvalue weighted by molar-refractivity contribution is 0.171. The van der Waals surface area contributed by atoms with Crippen LogP contribution in [0.3, 0.4) is 0 Å². The van der Waals surface area contributed by atoms with Crippen molar-refractivity contribution in [1.82, 2.24) is 10.2 Å². The normalized spacial score (nSPS) is 16.3. The number of piperazine rings is 1. The summed E-state index contributed by atoms with van der Waals surface area (Å²) in [4.78, 5) is 2.03. The van der Waals surface area contributed by atoms with Gasteiger partial charge < -0.3 is 5.32 Å². The first-order valence-corrected chi connectivity index (χ1v) is 6.41. The Morgan fingerprint density at radius 1 is 1.24 bits per heavy atom. The van der Waals surface area contributed by atoms with E-state index < -0.39 is 11.6 Å². The average Bonchev–Trinajstić information content (AvgIpc) is 2.44. The monoisotopic (exact) mass is 337 g/mol. The lowest BCUT2D eigenvalue weighted by Gasteiger charge is -2.34. The van der Waals surface area contributed by atoms with Crippen LogP contribution in [0.1, 0.15) is 23.6 Å². The van der Waals surface area contributed by atoms with Crippen LogP contribution in [-0.4, -0.2) is 31.1 Å². The molecule has 1 heterocycles. The van der Waals surface area contributed by atoms with Gasteiger partial charge >= 0.3 is 0 Å². The second kappa shape index (κ2) is 9.16. The molecule has 1 aliphatic heterocycles. The van der Waals surface area contributed by atoms with Crippen LogP contribution in [0.15, 0.2) is 12.1 Å². The Morgan fingerprint density at radius 3 is 2.43 bits per heavy atom. The van der Waals surface area contributed by atoms with Gasteiger partial charge in [0.1, 0.15) is 0 Å². The van der Waals surface area contributed by atoms with E-state index in [4.69, 9.17) is 5.26 Å². The molecule has 1 aromatic rings. The third kappa shape index (κ3) is 4.52. The quantitative estimate of drug-likeness (QED) is 0.921. The molecule has 1 aromatic carbocycles. The zero-order valence-electron chi connectivity index (χ0n) is 11.7. The van der Waals surface area contributed by atoms with Gasteiger partial charge in [-0.25, -0.2) is 8.78 Å². The molecule has 3 nitrogen and oxygen atoms in total. The van der Waals surface area contributed by atoms with Crippen molar-refractivity contribution >= 4 is 24.8 Å². The molecule has 0 aliphatic carbocycles. The summed E-state index contributed by atoms with van der Waals surface area (Å²) in [7, 11) is 0. The van der Waals surface area contributed by atoms with E-state index in [-0.39, 0.29) is 48.4 Å². The number of hydrogen-bond donors (Lipinski definition) is 1. The van der Waals surface area contributed by atoms with Crippen LogP contribution >= 0.6 is 24.8 Å². The van der Waals surface area contributed by atoms with Crippen LogP contribution in [0, 0.1) is 29.9 Å². The number of benzene rings is 1. The largest absolute Gasteiger partial charge is 0.314 e. The zero-order valence-corrected chi connectivity index (χ0v) is 13.4. The fourth-order valence-corrected chi connectivity index (χ4v) is 2.43. The molecule has 0 unspecified atom stereocenters. The number of nitrogens with zero attached hydrogens (tertiary/aromatic N) is 2. The van der Waals surface area contributed by atoms with Crippen molar-refractivity contribution in [2.45, 2.75) is 19.4 Å². The van der Waals surface area contributed by atoms with Gasteiger partial charge in [-0.2, -0.15) is 5.26 Å². The van der Waals surface area contributed by atoms with Crippen molar-refractivity contribution in [2.75, 3.05) is 26.2 Å². The molecule has 1 fully saturated rings. The molecule has 21 heavy (non-hydrogen) atoms. The van der Waals surface area contributed by atoms with Crippen LogP contribution in [0.2, 0.25) is 0 Å². The summed E-state index contributed by atoms with van der Waals surface area (Å²) in [5.41, 5.74) is 0.573. The van der Waals surface area contributed by atoms with Crippen LogP contribution < -0.4 is 5.32 Å². The first-order valence-electron chi connectivity index (χ1n) is 6.41. The fourth-order valence-electron chi connectivity index (χ4n) is 2.43. The SMILES string of the molecule is Cc1ccc([C@H](CC#N)N2CCNCC2)c(F)c1F.Cl.Cl. The highest BCUT2D eigenvalue weighted by Crippen LogP contribution is 2.28. The standard InChI is InChI=1S/C14H17F2N3.2ClH/c1-10-2-3-11(14(16)13(10)15)12(4-5-17)19-8-6-18-7-9-19;;/h2-3,12,18H,4,6-9H2,1H3;2*1H/t12-;;/m0../s1. The van der Waals surface area contributed by atoms with E-state index in [2.05, 4.69) is 11.4 Å². The molecule has 0 radical (unpaired) electrons. The van der Waals surface area contributed by atoms with Crippen LogP contribution in [-0.2, 0) is 0 Å². The minimum absolute atomic E-state index is 0. The Bertz CT molecular complexity index is 500. The third-order valence-electron chi connectivity index (χ3n) is 3.54. The van der Waals surface area contributed by atoms with Gasteiger partial charge in [0.15, 0.2) is 11.6 Å². The van der Waals surface area contributed by atoms with E-state index in [1.807, 2.05) is 4.90 Å². The van der Waals surface area contributed by atoms with Crippen molar-refractivity contribution in [2.24, 2.45) is 0 Å². The maximum absolute atomic E-state index is 14.1. The molecule has 1 N–H and O–H groups in total. The zero-order chi connectivity index (χ0) is 13.8. The summed E-state index contributed by atoms with van der Waals surface area (Å²) in [6, 6.07) is 4.87. The van der Waals surface area contributed by atoms with E-state index in [0.717, 1.165) is 26.2 Å². The summed E-state index contributed by atoms with van der Waals surface area (Å²) < 4.78 is 27.7. The predicted octanol–water partition coefficient (Wildman–Crippen LogP) is 2.98. The van der Waals surface area contributed by atoms with Crippen molar-refractivity contribution in [3.05, 3.63) is 34.9 Å². The smallest absolute Gasteiger partial charge is 0.163 e. The summed E-state index contributed by atoms with van der Waals surface area (Å²) in [5, 5.41) is 12.1. The Labute approximate surface area is 136 Å². The minimum Gasteiger partial charge on any atom is -0.314 e. The van der Waals surface area contributed by atoms with Gasteiger partial charge in [-0.1, -0.05) is 12.1 Å². The molecule has 118 valence electrons. The average molecular weight is 338 g/mol. The number of aryl methyl sites for hydroxylation is 1. The Hall–Kier alpha value is -0.930. The highest BCUT2D eigenvalue weighted by molar-refractivity contribution is 5.85. The second-order valence-electron chi connectivity index (χ2n) is 4.76. The lowest BCUT2D eigenvalue weighted by Crippen LogP contribution is -2.45. The summed E-state index contributed by atoms with van der Waals surface area (Å²) >= 11 is 0. The minimum atomic E-state index is -0.821. The molecular weight excluding hydrogens is 319 g/mol. The van der Waals surface area contributed by atoms with Crippen molar-refractivity contribution < 1.29 is 8.78 Å². The highest BCUT2D eigenvalue weighted by Gasteiger charge is 2.26. The first-order chi connectivity index (χ1) is 9.15. The number of rotatable bonds is 3. The van der Waals surface area contributed by atoms with Crippen LogP contribution in [0.4, 0.5) is 8.78 Å². The molecular formula is C14H19Cl2F2N3. The maximum Gasteiger partial charge on any atom is 0.163 e. The van der Waals surface area contributed by atoms with E-state index in [0.29, 0.717) is 0 Å². The van der Waals surface area contributed by atoms with Gasteiger partial charge in [-0.3, -0.25) is 4.90 Å². The fraction of sp³-hybridized carbons (Fsp3) is 0.500. The van der Waals surface area contributed by atoms with Crippen LogP contribution in [0.5, 0.6) is 0 Å².